The largest absolute Gasteiger partial charge is 0.493 e. The van der Waals surface area contributed by atoms with Crippen molar-refractivity contribution >= 4 is 34.8 Å². The number of rotatable bonds is 14. The van der Waals surface area contributed by atoms with Gasteiger partial charge in [-0.25, -0.2) is 9.79 Å². The Morgan fingerprint density at radius 2 is 1.51 bits per heavy atom. The molecule has 6 rings (SSSR count). The third-order valence-electron chi connectivity index (χ3n) is 8.38. The van der Waals surface area contributed by atoms with E-state index in [0.29, 0.717) is 34.8 Å². The van der Waals surface area contributed by atoms with Gasteiger partial charge in [-0.1, -0.05) is 78.1 Å². The number of fused-ring (bicyclic) bond motifs is 1. The SMILES string of the molecule is CCOC(=O)C1=C(C)n2c(s/c(=C\c3ccc(OCc4ccccc4)c(OCC)c3)c2=O)=N[C@@H]1c1cc(OC)c(OCc2ccccc2)cc1[N+](=O)[O-]. The van der Waals surface area contributed by atoms with E-state index in [9.17, 15) is 19.7 Å². The fourth-order valence-electron chi connectivity index (χ4n) is 5.88. The lowest BCUT2D eigenvalue weighted by Gasteiger charge is -2.23. The van der Waals surface area contributed by atoms with Gasteiger partial charge in [0.1, 0.15) is 19.3 Å². The fourth-order valence-corrected chi connectivity index (χ4v) is 6.92. The van der Waals surface area contributed by atoms with Crippen molar-refractivity contribution in [2.24, 2.45) is 4.99 Å². The van der Waals surface area contributed by atoms with Gasteiger partial charge in [0, 0.05) is 5.70 Å². The number of carbonyl (C=O) groups excluding carboxylic acids is 1. The summed E-state index contributed by atoms with van der Waals surface area (Å²) < 4.78 is 30.5. The minimum atomic E-state index is -1.19. The highest BCUT2D eigenvalue weighted by Gasteiger charge is 2.36. The predicted molar refractivity (Wildman–Crippen MR) is 200 cm³/mol. The van der Waals surface area contributed by atoms with Crippen LogP contribution in [0.25, 0.3) is 11.8 Å². The molecule has 0 N–H and O–H groups in total. The zero-order valence-electron chi connectivity index (χ0n) is 29.6. The number of esters is 1. The van der Waals surface area contributed by atoms with Crippen molar-refractivity contribution in [2.45, 2.75) is 40.0 Å². The van der Waals surface area contributed by atoms with Gasteiger partial charge in [0.25, 0.3) is 11.2 Å². The molecule has 0 saturated heterocycles. The molecule has 12 nitrogen and oxygen atoms in total. The molecule has 272 valence electrons. The van der Waals surface area contributed by atoms with E-state index in [1.165, 1.54) is 23.8 Å². The zero-order valence-corrected chi connectivity index (χ0v) is 30.4. The lowest BCUT2D eigenvalue weighted by Crippen LogP contribution is -2.35. The van der Waals surface area contributed by atoms with E-state index in [2.05, 4.69) is 0 Å². The van der Waals surface area contributed by atoms with Crippen molar-refractivity contribution < 1.29 is 33.4 Å². The molecule has 0 saturated carbocycles. The van der Waals surface area contributed by atoms with Gasteiger partial charge >= 0.3 is 5.97 Å². The van der Waals surface area contributed by atoms with Crippen LogP contribution < -0.4 is 33.8 Å². The Bertz CT molecular complexity index is 2350. The van der Waals surface area contributed by atoms with Crippen molar-refractivity contribution in [1.82, 2.24) is 4.57 Å². The van der Waals surface area contributed by atoms with E-state index >= 15 is 0 Å². The molecule has 0 radical (unpaired) electrons. The van der Waals surface area contributed by atoms with Crippen LogP contribution in [0.1, 0.15) is 49.1 Å². The second-order valence-electron chi connectivity index (χ2n) is 11.8. The van der Waals surface area contributed by atoms with Crippen LogP contribution in [0.2, 0.25) is 0 Å². The number of nitrogens with zero attached hydrogens (tertiary/aromatic N) is 3. The van der Waals surface area contributed by atoms with E-state index in [-0.39, 0.29) is 52.0 Å². The smallest absolute Gasteiger partial charge is 0.338 e. The molecule has 2 heterocycles. The number of methoxy groups -OCH3 is 1. The lowest BCUT2D eigenvalue weighted by molar-refractivity contribution is -0.385. The number of nitro benzene ring substituents is 1. The summed E-state index contributed by atoms with van der Waals surface area (Å²) in [5.41, 5.74) is 2.10. The second kappa shape index (κ2) is 16.4. The Kier molecular flexibility index (Phi) is 11.3. The van der Waals surface area contributed by atoms with Gasteiger partial charge in [0.2, 0.25) is 0 Å². The van der Waals surface area contributed by atoms with Gasteiger partial charge in [0.15, 0.2) is 27.8 Å². The summed E-state index contributed by atoms with van der Waals surface area (Å²) in [5, 5.41) is 12.6. The molecule has 1 aliphatic heterocycles. The Balaban J connectivity index is 1.43. The Labute approximate surface area is 309 Å². The van der Waals surface area contributed by atoms with Crippen LogP contribution in [0.15, 0.2) is 106 Å². The van der Waals surface area contributed by atoms with E-state index < -0.39 is 22.5 Å². The number of aromatic nitrogens is 1. The second-order valence-corrected chi connectivity index (χ2v) is 12.8. The summed E-state index contributed by atoms with van der Waals surface area (Å²) in [6.07, 6.45) is 1.70. The van der Waals surface area contributed by atoms with Crippen LogP contribution in [0.3, 0.4) is 0 Å². The maximum absolute atomic E-state index is 13.9. The number of hydrogen-bond donors (Lipinski definition) is 0. The molecule has 1 aliphatic rings. The predicted octanol–water partition coefficient (Wildman–Crippen LogP) is 6.38. The molecular weight excluding hydrogens is 699 g/mol. The minimum absolute atomic E-state index is 0.00698. The first-order valence-electron chi connectivity index (χ1n) is 16.9. The van der Waals surface area contributed by atoms with Crippen LogP contribution in [0.5, 0.6) is 23.0 Å². The van der Waals surface area contributed by atoms with E-state index in [4.69, 9.17) is 28.7 Å². The first-order valence-corrected chi connectivity index (χ1v) is 17.7. The van der Waals surface area contributed by atoms with Gasteiger partial charge in [-0.2, -0.15) is 0 Å². The van der Waals surface area contributed by atoms with Crippen molar-refractivity contribution in [3.63, 3.8) is 0 Å². The van der Waals surface area contributed by atoms with Gasteiger partial charge < -0.3 is 23.7 Å². The number of benzene rings is 4. The Morgan fingerprint density at radius 1 is 0.868 bits per heavy atom. The number of hydrogen-bond acceptors (Lipinski definition) is 11. The summed E-state index contributed by atoms with van der Waals surface area (Å²) in [5.74, 6) is 0.676. The molecule has 1 aromatic heterocycles. The average Bonchev–Trinajstić information content (AvgIpc) is 3.48. The molecule has 4 aromatic carbocycles. The van der Waals surface area contributed by atoms with E-state index in [1.807, 2.05) is 73.7 Å². The zero-order chi connectivity index (χ0) is 37.5. The topological polar surface area (TPSA) is 141 Å². The molecule has 0 fully saturated rings. The highest BCUT2D eigenvalue weighted by atomic mass is 32.1. The lowest BCUT2D eigenvalue weighted by atomic mass is 9.94. The van der Waals surface area contributed by atoms with Crippen LogP contribution in [0.4, 0.5) is 5.69 Å². The maximum Gasteiger partial charge on any atom is 0.338 e. The fraction of sp³-hybridized carbons (Fsp3) is 0.225. The molecule has 0 unspecified atom stereocenters. The van der Waals surface area contributed by atoms with E-state index in [1.54, 1.807) is 32.1 Å². The summed E-state index contributed by atoms with van der Waals surface area (Å²) in [6.45, 7) is 6.06. The molecular formula is C40H37N3O9S. The van der Waals surface area contributed by atoms with Crippen molar-refractivity contribution in [2.75, 3.05) is 20.3 Å². The highest BCUT2D eigenvalue weighted by molar-refractivity contribution is 7.07. The maximum atomic E-state index is 13.9. The molecule has 0 aliphatic carbocycles. The van der Waals surface area contributed by atoms with Crippen molar-refractivity contribution in [3.05, 3.63) is 149 Å². The van der Waals surface area contributed by atoms with Crippen molar-refractivity contribution in [1.29, 1.82) is 0 Å². The molecule has 53 heavy (non-hydrogen) atoms. The number of carbonyl (C=O) groups is 1. The van der Waals surface area contributed by atoms with Crippen molar-refractivity contribution in [3.8, 4) is 23.0 Å². The van der Waals surface area contributed by atoms with Gasteiger partial charge in [-0.05, 0) is 61.7 Å². The van der Waals surface area contributed by atoms with Crippen LogP contribution in [-0.2, 0) is 22.7 Å². The first kappa shape index (κ1) is 36.6. The number of nitro groups is 1. The number of thiazole rings is 1. The first-order chi connectivity index (χ1) is 25.7. The van der Waals surface area contributed by atoms with E-state index in [0.717, 1.165) is 22.5 Å². The average molecular weight is 736 g/mol. The van der Waals surface area contributed by atoms with Gasteiger partial charge in [-0.15, -0.1) is 0 Å². The normalized spacial score (nSPS) is 13.9. The molecule has 5 aromatic rings. The third kappa shape index (κ3) is 8.00. The molecule has 0 amide bonds. The monoisotopic (exact) mass is 735 g/mol. The Morgan fingerprint density at radius 3 is 2.11 bits per heavy atom. The molecule has 13 heteroatoms. The number of allylic oxidation sites excluding steroid dienone is 1. The van der Waals surface area contributed by atoms with Gasteiger partial charge in [-0.3, -0.25) is 19.5 Å². The van der Waals surface area contributed by atoms with Gasteiger partial charge in [0.05, 0.1) is 47.0 Å². The minimum Gasteiger partial charge on any atom is -0.493 e. The standard InChI is InChI=1S/C40H37N3O9S/c1-5-49-33-19-28(17-18-31(33)51-23-26-13-9-7-10-14-26)20-35-38(44)42-25(3)36(39(45)50-6-2)37(41-40(42)53-35)29-21-32(48-4)34(22-30(29)43(46)47)52-24-27-15-11-8-12-16-27/h7-22,37H,5-6,23-24H2,1-4H3/b35-20-/t37-/m1/s1. The Hall–Kier alpha value is -6.21. The summed E-state index contributed by atoms with van der Waals surface area (Å²) >= 11 is 1.09. The highest BCUT2D eigenvalue weighted by Crippen LogP contribution is 2.43. The molecule has 1 atom stereocenters. The quantitative estimate of drug-likeness (QED) is 0.0722. The number of ether oxygens (including phenoxy) is 5. The summed E-state index contributed by atoms with van der Waals surface area (Å²) in [6, 6.07) is 26.0. The van der Waals surface area contributed by atoms with Crippen LogP contribution in [0, 0.1) is 10.1 Å². The summed E-state index contributed by atoms with van der Waals surface area (Å²) in [7, 11) is 1.42. The molecule has 0 bridgehead atoms. The summed E-state index contributed by atoms with van der Waals surface area (Å²) in [4.78, 5) is 44.5. The third-order valence-corrected chi connectivity index (χ3v) is 9.37. The molecule has 0 spiro atoms. The van der Waals surface area contributed by atoms with Crippen LogP contribution >= 0.6 is 11.3 Å². The van der Waals surface area contributed by atoms with Crippen LogP contribution in [-0.4, -0.2) is 35.8 Å².